The van der Waals surface area contributed by atoms with E-state index in [-0.39, 0.29) is 0 Å². The molecule has 1 aromatic rings. The minimum Gasteiger partial charge on any atom is -0.493 e. The van der Waals surface area contributed by atoms with Crippen molar-refractivity contribution >= 4 is 11.6 Å². The van der Waals surface area contributed by atoms with Crippen molar-refractivity contribution in [1.82, 2.24) is 5.32 Å². The van der Waals surface area contributed by atoms with E-state index in [2.05, 4.69) is 17.5 Å². The maximum atomic E-state index is 6.14. The topological polar surface area (TPSA) is 21.3 Å². The molecule has 3 rings (SSSR count). The molecule has 0 bridgehead atoms. The molecule has 0 radical (unpaired) electrons. The van der Waals surface area contributed by atoms with Gasteiger partial charge in [-0.25, -0.2) is 0 Å². The van der Waals surface area contributed by atoms with Crippen LogP contribution in [0.2, 0.25) is 5.02 Å². The van der Waals surface area contributed by atoms with Crippen LogP contribution in [0.25, 0.3) is 0 Å². The van der Waals surface area contributed by atoms with Gasteiger partial charge < -0.3 is 10.1 Å². The van der Waals surface area contributed by atoms with Gasteiger partial charge in [-0.3, -0.25) is 0 Å². The van der Waals surface area contributed by atoms with E-state index in [0.29, 0.717) is 0 Å². The molecule has 1 heterocycles. The van der Waals surface area contributed by atoms with Crippen LogP contribution in [0.3, 0.4) is 0 Å². The normalized spacial score (nSPS) is 17.7. The van der Waals surface area contributed by atoms with Gasteiger partial charge in [0, 0.05) is 17.5 Å². The Balaban J connectivity index is 1.52. The Labute approximate surface area is 119 Å². The maximum absolute atomic E-state index is 6.14. The zero-order valence-electron chi connectivity index (χ0n) is 11.1. The first kappa shape index (κ1) is 13.0. The van der Waals surface area contributed by atoms with E-state index in [4.69, 9.17) is 16.3 Å². The molecule has 2 aliphatic rings. The summed E-state index contributed by atoms with van der Waals surface area (Å²) in [5.41, 5.74) is 2.47. The molecule has 0 saturated heterocycles. The van der Waals surface area contributed by atoms with Crippen LogP contribution < -0.4 is 10.1 Å². The van der Waals surface area contributed by atoms with Gasteiger partial charge in [0.2, 0.25) is 0 Å². The molecular weight excluding hydrogens is 258 g/mol. The van der Waals surface area contributed by atoms with Crippen LogP contribution in [0.15, 0.2) is 24.3 Å². The lowest BCUT2D eigenvalue weighted by Gasteiger charge is -2.06. The van der Waals surface area contributed by atoms with E-state index >= 15 is 0 Å². The third-order valence-electron chi connectivity index (χ3n) is 3.65. The average molecular weight is 278 g/mol. The van der Waals surface area contributed by atoms with Crippen molar-refractivity contribution in [2.45, 2.75) is 38.1 Å². The van der Waals surface area contributed by atoms with Crippen LogP contribution in [0.1, 0.15) is 30.4 Å². The maximum Gasteiger partial charge on any atom is 0.126 e. The summed E-state index contributed by atoms with van der Waals surface area (Å²) < 4.78 is 5.70. The van der Waals surface area contributed by atoms with Gasteiger partial charge in [0.05, 0.1) is 6.61 Å². The van der Waals surface area contributed by atoms with Crippen molar-refractivity contribution < 1.29 is 4.74 Å². The van der Waals surface area contributed by atoms with Gasteiger partial charge in [0.25, 0.3) is 0 Å². The Hall–Kier alpha value is -0.990. The molecule has 2 nitrogen and oxygen atoms in total. The number of allylic oxidation sites excluding steroid dienone is 1. The van der Waals surface area contributed by atoms with Crippen molar-refractivity contribution in [3.05, 3.63) is 40.4 Å². The monoisotopic (exact) mass is 277 g/mol. The van der Waals surface area contributed by atoms with Crippen molar-refractivity contribution in [2.24, 2.45) is 0 Å². The molecular formula is C16H20ClNO. The second kappa shape index (κ2) is 5.98. The lowest BCUT2D eigenvalue weighted by atomic mass is 10.1. The molecule has 0 spiro atoms. The van der Waals surface area contributed by atoms with Gasteiger partial charge >= 0.3 is 0 Å². The Kier molecular flexibility index (Phi) is 4.09. The van der Waals surface area contributed by atoms with Crippen LogP contribution in [0.5, 0.6) is 5.75 Å². The fraction of sp³-hybridized carbons (Fsp3) is 0.500. The fourth-order valence-electron chi connectivity index (χ4n) is 2.48. The van der Waals surface area contributed by atoms with E-state index in [1.54, 1.807) is 0 Å². The predicted molar refractivity (Wildman–Crippen MR) is 79.1 cm³/mol. The number of hydrogen-bond acceptors (Lipinski definition) is 2. The Morgan fingerprint density at radius 3 is 3.05 bits per heavy atom. The van der Waals surface area contributed by atoms with E-state index in [1.807, 2.05) is 12.1 Å². The summed E-state index contributed by atoms with van der Waals surface area (Å²) in [6, 6.07) is 4.85. The average Bonchev–Trinajstić information content (AvgIpc) is 3.09. The summed E-state index contributed by atoms with van der Waals surface area (Å²) in [5, 5.41) is 4.33. The second-order valence-corrected chi connectivity index (χ2v) is 5.78. The summed E-state index contributed by atoms with van der Waals surface area (Å²) in [6.45, 7) is 1.88. The molecule has 19 heavy (non-hydrogen) atoms. The van der Waals surface area contributed by atoms with Crippen molar-refractivity contribution in [3.63, 3.8) is 0 Å². The zero-order valence-corrected chi connectivity index (χ0v) is 11.9. The van der Waals surface area contributed by atoms with Gasteiger partial charge in [0.1, 0.15) is 5.75 Å². The Bertz CT molecular complexity index is 480. The predicted octanol–water partition coefficient (Wildman–Crippen LogP) is 3.52. The standard InChI is InChI=1S/C16H20ClNO/c17-14-10-12(16-13(11-14)7-9-19-16)4-2-1-3-8-18-15-5-6-15/h1-2,10-11,15,18H,3-9H2/b2-1+. The van der Waals surface area contributed by atoms with E-state index < -0.39 is 0 Å². The van der Waals surface area contributed by atoms with Crippen LogP contribution >= 0.6 is 11.6 Å². The number of benzene rings is 1. The molecule has 0 amide bonds. The van der Waals surface area contributed by atoms with Crippen molar-refractivity contribution in [1.29, 1.82) is 0 Å². The largest absolute Gasteiger partial charge is 0.493 e. The highest BCUT2D eigenvalue weighted by atomic mass is 35.5. The molecule has 0 aromatic heterocycles. The third-order valence-corrected chi connectivity index (χ3v) is 3.87. The number of halogens is 1. The molecule has 0 unspecified atom stereocenters. The smallest absolute Gasteiger partial charge is 0.126 e. The highest BCUT2D eigenvalue weighted by Gasteiger charge is 2.19. The summed E-state index contributed by atoms with van der Waals surface area (Å²) in [4.78, 5) is 0. The Morgan fingerprint density at radius 2 is 2.21 bits per heavy atom. The summed E-state index contributed by atoms with van der Waals surface area (Å²) in [5.74, 6) is 1.06. The summed E-state index contributed by atoms with van der Waals surface area (Å²) >= 11 is 6.14. The molecule has 1 fully saturated rings. The minimum atomic E-state index is 0.789. The molecule has 1 N–H and O–H groups in total. The van der Waals surface area contributed by atoms with Gasteiger partial charge in [0.15, 0.2) is 0 Å². The van der Waals surface area contributed by atoms with Gasteiger partial charge in [-0.05, 0) is 55.5 Å². The van der Waals surface area contributed by atoms with Crippen LogP contribution in [-0.2, 0) is 12.8 Å². The number of fused-ring (bicyclic) bond motifs is 1. The lowest BCUT2D eigenvalue weighted by molar-refractivity contribution is 0.354. The van der Waals surface area contributed by atoms with Crippen molar-refractivity contribution in [3.8, 4) is 5.75 Å². The molecule has 1 saturated carbocycles. The molecule has 0 atom stereocenters. The first-order chi connectivity index (χ1) is 9.33. The van der Waals surface area contributed by atoms with Crippen LogP contribution in [0, 0.1) is 0 Å². The number of ether oxygens (including phenoxy) is 1. The van der Waals surface area contributed by atoms with Crippen LogP contribution in [-0.4, -0.2) is 19.2 Å². The van der Waals surface area contributed by atoms with Crippen LogP contribution in [0.4, 0.5) is 0 Å². The summed E-state index contributed by atoms with van der Waals surface area (Å²) in [7, 11) is 0. The highest BCUT2D eigenvalue weighted by molar-refractivity contribution is 6.30. The first-order valence-electron chi connectivity index (χ1n) is 7.15. The molecule has 102 valence electrons. The molecule has 1 aromatic carbocycles. The Morgan fingerprint density at radius 1 is 1.32 bits per heavy atom. The minimum absolute atomic E-state index is 0.789. The summed E-state index contributed by atoms with van der Waals surface area (Å²) in [6.07, 6.45) is 10.2. The van der Waals surface area contributed by atoms with Crippen molar-refractivity contribution in [2.75, 3.05) is 13.2 Å². The van der Waals surface area contributed by atoms with E-state index in [0.717, 1.165) is 49.2 Å². The first-order valence-corrected chi connectivity index (χ1v) is 7.53. The van der Waals surface area contributed by atoms with Gasteiger partial charge in [-0.2, -0.15) is 0 Å². The van der Waals surface area contributed by atoms with E-state index in [9.17, 15) is 0 Å². The van der Waals surface area contributed by atoms with E-state index in [1.165, 1.54) is 24.0 Å². The van der Waals surface area contributed by atoms with Gasteiger partial charge in [-0.15, -0.1) is 0 Å². The number of nitrogens with one attached hydrogen (secondary N) is 1. The number of rotatable bonds is 6. The fourth-order valence-corrected chi connectivity index (χ4v) is 2.75. The SMILES string of the molecule is Clc1cc(C/C=C/CCNC2CC2)c2c(c1)CCO2. The molecule has 3 heteroatoms. The zero-order chi connectivity index (χ0) is 13.1. The second-order valence-electron chi connectivity index (χ2n) is 5.34. The third kappa shape index (κ3) is 3.52. The lowest BCUT2D eigenvalue weighted by Crippen LogP contribution is -2.16. The quantitative estimate of drug-likeness (QED) is 0.635. The van der Waals surface area contributed by atoms with Gasteiger partial charge in [-0.1, -0.05) is 23.8 Å². The molecule has 1 aliphatic carbocycles. The highest BCUT2D eigenvalue weighted by Crippen LogP contribution is 2.33. The number of hydrogen-bond donors (Lipinski definition) is 1. The molecule has 1 aliphatic heterocycles.